The average molecular weight is 336 g/mol. The van der Waals surface area contributed by atoms with Gasteiger partial charge in [-0.25, -0.2) is 4.79 Å². The van der Waals surface area contributed by atoms with Crippen LogP contribution in [0.5, 0.6) is 0 Å². The van der Waals surface area contributed by atoms with Gasteiger partial charge < -0.3 is 9.22 Å². The minimum absolute atomic E-state index is 0.169. The van der Waals surface area contributed by atoms with Gasteiger partial charge >= 0.3 is 5.97 Å². The van der Waals surface area contributed by atoms with Crippen LogP contribution in [-0.2, 0) is 19.6 Å². The van der Waals surface area contributed by atoms with Gasteiger partial charge in [0.05, 0.1) is 39.5 Å². The maximum absolute atomic E-state index is 10.8. The van der Waals surface area contributed by atoms with Crippen LogP contribution in [0.25, 0.3) is 0 Å². The van der Waals surface area contributed by atoms with E-state index in [2.05, 4.69) is 20.7 Å². The zero-order valence-corrected chi connectivity index (χ0v) is 14.6. The first-order chi connectivity index (χ1) is 10.2. The Morgan fingerprint density at radius 1 is 1.09 bits per heavy atom. The maximum atomic E-state index is 10.8. The molecule has 130 valence electrons. The Morgan fingerprint density at radius 3 is 2.23 bits per heavy atom. The van der Waals surface area contributed by atoms with Gasteiger partial charge in [0.25, 0.3) is 10.1 Å². The summed E-state index contributed by atoms with van der Waals surface area (Å²) in [4.78, 5) is 10.8. The summed E-state index contributed by atoms with van der Waals surface area (Å²) < 4.78 is 35.7. The molecular weight excluding hydrogens is 306 g/mol. The molecule has 0 aromatic heterocycles. The van der Waals surface area contributed by atoms with Crippen LogP contribution >= 0.6 is 0 Å². The second kappa shape index (κ2) is 10.7. The standard InChI is InChI=1S/C15H29NO5S/c1-4-15(17)21-13-9-7-5-6-8-11-16(2,3)12-10-14-22(18,19)20/h4H,1,5-14H2,2-3H3/p+1. The molecule has 0 aliphatic heterocycles. The van der Waals surface area contributed by atoms with Crippen LogP contribution in [0.1, 0.15) is 38.5 Å². The minimum Gasteiger partial charge on any atom is -0.463 e. The van der Waals surface area contributed by atoms with Crippen molar-refractivity contribution in [2.75, 3.05) is 39.5 Å². The smallest absolute Gasteiger partial charge is 0.330 e. The second-order valence-electron chi connectivity index (χ2n) is 6.16. The highest BCUT2D eigenvalue weighted by Gasteiger charge is 2.16. The van der Waals surface area contributed by atoms with Crippen molar-refractivity contribution in [3.8, 4) is 0 Å². The first-order valence-corrected chi connectivity index (χ1v) is 9.33. The summed E-state index contributed by atoms with van der Waals surface area (Å²) >= 11 is 0. The number of quaternary nitrogens is 1. The molecule has 0 saturated carbocycles. The molecule has 0 aromatic rings. The molecule has 0 saturated heterocycles. The summed E-state index contributed by atoms with van der Waals surface area (Å²) in [5.74, 6) is -0.540. The fraction of sp³-hybridized carbons (Fsp3) is 0.800. The van der Waals surface area contributed by atoms with E-state index in [9.17, 15) is 13.2 Å². The number of esters is 1. The van der Waals surface area contributed by atoms with E-state index in [0.29, 0.717) is 13.0 Å². The zero-order chi connectivity index (χ0) is 17.1. The normalized spacial score (nSPS) is 12.1. The van der Waals surface area contributed by atoms with Crippen LogP contribution in [0, 0.1) is 0 Å². The summed E-state index contributed by atoms with van der Waals surface area (Å²) in [5.41, 5.74) is 0. The molecule has 0 aliphatic carbocycles. The molecule has 6 nitrogen and oxygen atoms in total. The third-order valence-corrected chi connectivity index (χ3v) is 4.29. The SMILES string of the molecule is C=CC(=O)OCCCCCCC[N+](C)(C)CCCS(=O)(=O)O. The van der Waals surface area contributed by atoms with Crippen LogP contribution in [0.15, 0.2) is 12.7 Å². The molecule has 22 heavy (non-hydrogen) atoms. The highest BCUT2D eigenvalue weighted by atomic mass is 32.2. The number of unbranched alkanes of at least 4 members (excludes halogenated alkanes) is 4. The molecule has 7 heteroatoms. The van der Waals surface area contributed by atoms with Crippen molar-refractivity contribution in [1.82, 2.24) is 0 Å². The van der Waals surface area contributed by atoms with Gasteiger partial charge in [-0.05, 0) is 19.3 Å². The monoisotopic (exact) mass is 336 g/mol. The molecule has 0 rings (SSSR count). The van der Waals surface area contributed by atoms with Crippen molar-refractivity contribution in [3.05, 3.63) is 12.7 Å². The van der Waals surface area contributed by atoms with Crippen molar-refractivity contribution in [3.63, 3.8) is 0 Å². The fourth-order valence-corrected chi connectivity index (χ4v) is 2.68. The van der Waals surface area contributed by atoms with E-state index >= 15 is 0 Å². The van der Waals surface area contributed by atoms with E-state index in [1.807, 2.05) is 0 Å². The lowest BCUT2D eigenvalue weighted by Gasteiger charge is -2.29. The predicted octanol–water partition coefficient (Wildman–Crippen LogP) is 2.02. The lowest BCUT2D eigenvalue weighted by molar-refractivity contribution is -0.890. The number of carbonyl (C=O) groups excluding carboxylic acids is 1. The first-order valence-electron chi connectivity index (χ1n) is 7.73. The van der Waals surface area contributed by atoms with Gasteiger partial charge in [0.2, 0.25) is 0 Å². The molecule has 0 bridgehead atoms. The average Bonchev–Trinajstić information content (AvgIpc) is 2.39. The van der Waals surface area contributed by atoms with E-state index in [0.717, 1.165) is 49.7 Å². The lowest BCUT2D eigenvalue weighted by Crippen LogP contribution is -2.41. The largest absolute Gasteiger partial charge is 0.463 e. The van der Waals surface area contributed by atoms with E-state index in [4.69, 9.17) is 9.29 Å². The molecule has 0 heterocycles. The lowest BCUT2D eigenvalue weighted by atomic mass is 10.1. The van der Waals surface area contributed by atoms with Gasteiger partial charge in [-0.3, -0.25) is 4.55 Å². The topological polar surface area (TPSA) is 80.7 Å². The summed E-state index contributed by atoms with van der Waals surface area (Å²) in [6.07, 6.45) is 6.81. The van der Waals surface area contributed by atoms with Crippen LogP contribution < -0.4 is 0 Å². The highest BCUT2D eigenvalue weighted by molar-refractivity contribution is 7.85. The summed E-state index contributed by atoms with van der Waals surface area (Å²) in [6, 6.07) is 0. The number of hydrogen-bond acceptors (Lipinski definition) is 4. The quantitative estimate of drug-likeness (QED) is 0.183. The van der Waals surface area contributed by atoms with Crippen molar-refractivity contribution >= 4 is 16.1 Å². The Hall–Kier alpha value is -0.920. The van der Waals surface area contributed by atoms with Gasteiger partial charge in [0.1, 0.15) is 0 Å². The van der Waals surface area contributed by atoms with Crippen molar-refractivity contribution in [1.29, 1.82) is 0 Å². The van der Waals surface area contributed by atoms with E-state index < -0.39 is 10.1 Å². The van der Waals surface area contributed by atoms with E-state index in [1.54, 1.807) is 0 Å². The Labute approximate surface area is 134 Å². The molecule has 0 aromatic carbocycles. The number of nitrogens with zero attached hydrogens (tertiary/aromatic N) is 1. The molecule has 0 radical (unpaired) electrons. The third kappa shape index (κ3) is 14.0. The second-order valence-corrected chi connectivity index (χ2v) is 7.73. The van der Waals surface area contributed by atoms with Crippen molar-refractivity contribution in [2.45, 2.75) is 38.5 Å². The molecule has 0 spiro atoms. The van der Waals surface area contributed by atoms with Gasteiger partial charge in [-0.2, -0.15) is 8.42 Å². The van der Waals surface area contributed by atoms with Crippen LogP contribution in [0.3, 0.4) is 0 Å². The van der Waals surface area contributed by atoms with Crippen LogP contribution in [0.2, 0.25) is 0 Å². The van der Waals surface area contributed by atoms with Crippen molar-refractivity contribution < 1.29 is 27.0 Å². The summed E-state index contributed by atoms with van der Waals surface area (Å²) in [5, 5.41) is 0. The Kier molecular flexibility index (Phi) is 10.3. The Morgan fingerprint density at radius 2 is 1.64 bits per heavy atom. The predicted molar refractivity (Wildman–Crippen MR) is 87.1 cm³/mol. The molecule has 0 amide bonds. The maximum Gasteiger partial charge on any atom is 0.330 e. The first kappa shape index (κ1) is 21.1. The van der Waals surface area contributed by atoms with E-state index in [-0.39, 0.29) is 11.7 Å². The third-order valence-electron chi connectivity index (χ3n) is 3.48. The Bertz CT molecular complexity index is 431. The highest BCUT2D eigenvalue weighted by Crippen LogP contribution is 2.08. The van der Waals surface area contributed by atoms with Crippen molar-refractivity contribution in [2.24, 2.45) is 0 Å². The number of rotatable bonds is 13. The molecule has 0 aliphatic rings. The number of carbonyl (C=O) groups is 1. The fourth-order valence-electron chi connectivity index (χ4n) is 2.19. The molecule has 0 unspecified atom stereocenters. The van der Waals surface area contributed by atoms with Crippen LogP contribution in [0.4, 0.5) is 0 Å². The molecular formula is C15H30NO5S+. The van der Waals surface area contributed by atoms with Gasteiger partial charge in [0, 0.05) is 12.5 Å². The molecule has 1 N–H and O–H groups in total. The van der Waals surface area contributed by atoms with Crippen LogP contribution in [-0.4, -0.2) is 63.0 Å². The van der Waals surface area contributed by atoms with Gasteiger partial charge in [-0.15, -0.1) is 0 Å². The van der Waals surface area contributed by atoms with E-state index in [1.165, 1.54) is 6.08 Å². The zero-order valence-electron chi connectivity index (χ0n) is 13.8. The minimum atomic E-state index is -3.84. The number of hydrogen-bond donors (Lipinski definition) is 1. The summed E-state index contributed by atoms with van der Waals surface area (Å²) in [7, 11) is 0.292. The van der Waals surface area contributed by atoms with Gasteiger partial charge in [0.15, 0.2) is 0 Å². The molecule has 0 fully saturated rings. The Balaban J connectivity index is 3.56. The van der Waals surface area contributed by atoms with Gasteiger partial charge in [-0.1, -0.05) is 19.4 Å². The number of ether oxygens (including phenoxy) is 1. The molecule has 0 atom stereocenters. The summed E-state index contributed by atoms with van der Waals surface area (Å²) in [6.45, 7) is 5.50.